The lowest BCUT2D eigenvalue weighted by Crippen LogP contribution is -2.31. The van der Waals surface area contributed by atoms with Crippen LogP contribution in [-0.2, 0) is 23.9 Å². The molecule has 1 amide bonds. The standard InChI is InChI=1S/C11H15NO5S/c1-3-16-10(14)5-9-12(8(13)7-18-9)6-11(15)17-4-2/h5H,3-4,6-7H2,1-2H3/b9-5+. The van der Waals surface area contributed by atoms with Crippen LogP contribution in [0.4, 0.5) is 0 Å². The van der Waals surface area contributed by atoms with Crippen LogP contribution in [0.1, 0.15) is 13.8 Å². The Labute approximate surface area is 109 Å². The zero-order valence-electron chi connectivity index (χ0n) is 10.3. The van der Waals surface area contributed by atoms with Gasteiger partial charge in [0.2, 0.25) is 5.91 Å². The Hall–Kier alpha value is -1.50. The zero-order valence-corrected chi connectivity index (χ0v) is 11.1. The first-order valence-corrected chi connectivity index (χ1v) is 6.54. The number of carbonyl (C=O) groups excluding carboxylic acids is 3. The second kappa shape index (κ2) is 7.05. The van der Waals surface area contributed by atoms with Crippen molar-refractivity contribution >= 4 is 29.6 Å². The van der Waals surface area contributed by atoms with Gasteiger partial charge in [-0.2, -0.15) is 0 Å². The molecule has 0 radical (unpaired) electrons. The van der Waals surface area contributed by atoms with Crippen molar-refractivity contribution in [2.75, 3.05) is 25.5 Å². The van der Waals surface area contributed by atoms with Crippen molar-refractivity contribution in [3.63, 3.8) is 0 Å². The molecule has 0 N–H and O–H groups in total. The molecule has 1 aliphatic rings. The highest BCUT2D eigenvalue weighted by Crippen LogP contribution is 2.28. The highest BCUT2D eigenvalue weighted by atomic mass is 32.2. The van der Waals surface area contributed by atoms with Gasteiger partial charge in [0.05, 0.1) is 30.1 Å². The maximum atomic E-state index is 11.6. The zero-order chi connectivity index (χ0) is 13.5. The molecule has 0 spiro atoms. The van der Waals surface area contributed by atoms with E-state index in [1.54, 1.807) is 13.8 Å². The van der Waals surface area contributed by atoms with Crippen LogP contribution >= 0.6 is 11.8 Å². The normalized spacial score (nSPS) is 17.1. The van der Waals surface area contributed by atoms with Gasteiger partial charge in [0.1, 0.15) is 6.54 Å². The number of ether oxygens (including phenoxy) is 2. The van der Waals surface area contributed by atoms with E-state index in [-0.39, 0.29) is 31.4 Å². The van der Waals surface area contributed by atoms with Gasteiger partial charge in [0.25, 0.3) is 0 Å². The molecule has 0 bridgehead atoms. The van der Waals surface area contributed by atoms with Crippen LogP contribution in [0.25, 0.3) is 0 Å². The molecule has 1 aliphatic heterocycles. The number of nitrogens with zero attached hydrogens (tertiary/aromatic N) is 1. The molecule has 0 atom stereocenters. The molecule has 0 aromatic heterocycles. The first-order valence-electron chi connectivity index (χ1n) is 5.55. The van der Waals surface area contributed by atoms with Gasteiger partial charge in [-0.25, -0.2) is 4.79 Å². The summed E-state index contributed by atoms with van der Waals surface area (Å²) in [6.45, 7) is 3.72. The van der Waals surface area contributed by atoms with Gasteiger partial charge in [-0.15, -0.1) is 0 Å². The predicted octanol–water partition coefficient (Wildman–Crippen LogP) is 0.529. The number of rotatable bonds is 5. The first kappa shape index (κ1) is 14.6. The molecule has 1 saturated heterocycles. The molecule has 0 saturated carbocycles. The lowest BCUT2D eigenvalue weighted by molar-refractivity contribution is -0.146. The van der Waals surface area contributed by atoms with E-state index in [2.05, 4.69) is 0 Å². The van der Waals surface area contributed by atoms with Crippen LogP contribution < -0.4 is 0 Å². The van der Waals surface area contributed by atoms with E-state index >= 15 is 0 Å². The summed E-state index contributed by atoms with van der Waals surface area (Å²) in [7, 11) is 0. The molecule has 0 aliphatic carbocycles. The summed E-state index contributed by atoms with van der Waals surface area (Å²) < 4.78 is 9.52. The average molecular weight is 273 g/mol. The number of carbonyl (C=O) groups is 3. The van der Waals surface area contributed by atoms with Gasteiger partial charge in [-0.05, 0) is 13.8 Å². The molecule has 7 heteroatoms. The largest absolute Gasteiger partial charge is 0.465 e. The highest BCUT2D eigenvalue weighted by Gasteiger charge is 2.29. The van der Waals surface area contributed by atoms with E-state index in [0.717, 1.165) is 0 Å². The van der Waals surface area contributed by atoms with E-state index in [4.69, 9.17) is 9.47 Å². The van der Waals surface area contributed by atoms with Crippen molar-refractivity contribution in [2.45, 2.75) is 13.8 Å². The Morgan fingerprint density at radius 1 is 1.33 bits per heavy atom. The fraction of sp³-hybridized carbons (Fsp3) is 0.545. The summed E-state index contributed by atoms with van der Waals surface area (Å²) in [5, 5.41) is 0.423. The molecule has 6 nitrogen and oxygen atoms in total. The Bertz CT molecular complexity index is 380. The van der Waals surface area contributed by atoms with Gasteiger partial charge in [0.15, 0.2) is 0 Å². The van der Waals surface area contributed by atoms with Crippen molar-refractivity contribution in [3.05, 3.63) is 11.1 Å². The third-order valence-electron chi connectivity index (χ3n) is 2.03. The predicted molar refractivity (Wildman–Crippen MR) is 65.5 cm³/mol. The smallest absolute Gasteiger partial charge is 0.333 e. The van der Waals surface area contributed by atoms with E-state index in [1.165, 1.54) is 22.7 Å². The van der Waals surface area contributed by atoms with Crippen molar-refractivity contribution < 1.29 is 23.9 Å². The van der Waals surface area contributed by atoms with Crippen molar-refractivity contribution in [1.82, 2.24) is 4.90 Å². The maximum absolute atomic E-state index is 11.6. The number of hydrogen-bond donors (Lipinski definition) is 0. The third-order valence-corrected chi connectivity index (χ3v) is 3.06. The number of hydrogen-bond acceptors (Lipinski definition) is 6. The SMILES string of the molecule is CCOC(=O)/C=C1/SCC(=O)N1CC(=O)OCC. The minimum Gasteiger partial charge on any atom is -0.465 e. The third kappa shape index (κ3) is 4.06. The van der Waals surface area contributed by atoms with Crippen molar-refractivity contribution in [2.24, 2.45) is 0 Å². The van der Waals surface area contributed by atoms with Gasteiger partial charge < -0.3 is 9.47 Å². The molecule has 0 unspecified atom stereocenters. The number of esters is 2. The lowest BCUT2D eigenvalue weighted by atomic mass is 10.4. The Morgan fingerprint density at radius 2 is 2.00 bits per heavy atom. The Morgan fingerprint density at radius 3 is 2.61 bits per heavy atom. The van der Waals surface area contributed by atoms with Gasteiger partial charge in [0, 0.05) is 0 Å². The van der Waals surface area contributed by atoms with Gasteiger partial charge >= 0.3 is 11.9 Å². The summed E-state index contributed by atoms with van der Waals surface area (Å²) in [6, 6.07) is 0. The molecule has 0 aromatic carbocycles. The Balaban J connectivity index is 2.70. The van der Waals surface area contributed by atoms with Crippen LogP contribution in [0, 0.1) is 0 Å². The molecular weight excluding hydrogens is 258 g/mol. The monoisotopic (exact) mass is 273 g/mol. The van der Waals surface area contributed by atoms with Crippen LogP contribution in [0.15, 0.2) is 11.1 Å². The maximum Gasteiger partial charge on any atom is 0.333 e. The molecule has 0 aromatic rings. The molecule has 1 rings (SSSR count). The highest BCUT2D eigenvalue weighted by molar-refractivity contribution is 8.04. The minimum atomic E-state index is -0.524. The van der Waals surface area contributed by atoms with Crippen molar-refractivity contribution in [1.29, 1.82) is 0 Å². The molecule has 18 heavy (non-hydrogen) atoms. The quantitative estimate of drug-likeness (QED) is 0.537. The van der Waals surface area contributed by atoms with Crippen LogP contribution in [-0.4, -0.2) is 48.3 Å². The summed E-state index contributed by atoms with van der Waals surface area (Å²) in [6.07, 6.45) is 1.22. The lowest BCUT2D eigenvalue weighted by Gasteiger charge is -2.15. The minimum absolute atomic E-state index is 0.176. The van der Waals surface area contributed by atoms with E-state index in [0.29, 0.717) is 5.03 Å². The van der Waals surface area contributed by atoms with Crippen LogP contribution in [0.2, 0.25) is 0 Å². The second-order valence-electron chi connectivity index (χ2n) is 3.31. The number of amides is 1. The fourth-order valence-corrected chi connectivity index (χ4v) is 2.25. The molecular formula is C11H15NO5S. The molecule has 1 fully saturated rings. The fourth-order valence-electron chi connectivity index (χ4n) is 1.32. The number of thioether (sulfide) groups is 1. The summed E-state index contributed by atoms with van der Waals surface area (Å²) in [5.41, 5.74) is 0. The van der Waals surface area contributed by atoms with Gasteiger partial charge in [-0.1, -0.05) is 11.8 Å². The average Bonchev–Trinajstić information content (AvgIpc) is 2.62. The van der Waals surface area contributed by atoms with E-state index < -0.39 is 11.9 Å². The molecule has 100 valence electrons. The van der Waals surface area contributed by atoms with Gasteiger partial charge in [-0.3, -0.25) is 14.5 Å². The second-order valence-corrected chi connectivity index (χ2v) is 4.30. The van der Waals surface area contributed by atoms with Crippen molar-refractivity contribution in [3.8, 4) is 0 Å². The summed E-state index contributed by atoms with van der Waals surface area (Å²) >= 11 is 1.20. The Kier molecular flexibility index (Phi) is 5.70. The summed E-state index contributed by atoms with van der Waals surface area (Å²) in [5.74, 6) is -1.03. The van der Waals surface area contributed by atoms with Crippen LogP contribution in [0.5, 0.6) is 0 Å². The summed E-state index contributed by atoms with van der Waals surface area (Å²) in [4.78, 5) is 35.4. The van der Waals surface area contributed by atoms with Crippen LogP contribution in [0.3, 0.4) is 0 Å². The topological polar surface area (TPSA) is 72.9 Å². The molecule has 1 heterocycles. The van der Waals surface area contributed by atoms with E-state index in [1.807, 2.05) is 0 Å². The first-order chi connectivity index (χ1) is 8.58. The van der Waals surface area contributed by atoms with E-state index in [9.17, 15) is 14.4 Å².